The van der Waals surface area contributed by atoms with E-state index in [1.165, 1.54) is 0 Å². The second-order valence-electron chi connectivity index (χ2n) is 4.85. The van der Waals surface area contributed by atoms with E-state index in [1.807, 2.05) is 12.1 Å². The molecule has 0 bridgehead atoms. The maximum atomic E-state index is 11.7. The third-order valence-corrected chi connectivity index (χ3v) is 4.30. The van der Waals surface area contributed by atoms with Crippen LogP contribution in [0.1, 0.15) is 0 Å². The molecule has 23 heavy (non-hydrogen) atoms. The number of rotatable bonds is 5. The number of benzene rings is 2. The van der Waals surface area contributed by atoms with Gasteiger partial charge in [0.05, 0.1) is 22.8 Å². The van der Waals surface area contributed by atoms with Gasteiger partial charge in [0.15, 0.2) is 0 Å². The number of amides is 1. The number of anilines is 1. The van der Waals surface area contributed by atoms with Crippen LogP contribution in [0.15, 0.2) is 42.5 Å². The molecular formula is C15H14Cl2N2O3S. The first kappa shape index (κ1) is 17.7. The van der Waals surface area contributed by atoms with Crippen LogP contribution in [0.5, 0.6) is 0 Å². The van der Waals surface area contributed by atoms with Gasteiger partial charge in [-0.3, -0.25) is 4.79 Å². The van der Waals surface area contributed by atoms with Crippen molar-refractivity contribution in [1.82, 2.24) is 4.72 Å². The number of halogens is 2. The third kappa shape index (κ3) is 5.51. The summed E-state index contributed by atoms with van der Waals surface area (Å²) in [4.78, 5) is 11.7. The highest BCUT2D eigenvalue weighted by molar-refractivity contribution is 7.88. The second-order valence-corrected chi connectivity index (χ2v) is 7.50. The lowest BCUT2D eigenvalue weighted by molar-refractivity contribution is -0.115. The number of hydrogen-bond donors (Lipinski definition) is 2. The summed E-state index contributed by atoms with van der Waals surface area (Å²) in [5.41, 5.74) is 2.25. The van der Waals surface area contributed by atoms with Crippen molar-refractivity contribution >= 4 is 44.8 Å². The lowest BCUT2D eigenvalue weighted by atomic mass is 10.1. The Balaban J connectivity index is 2.13. The molecule has 122 valence electrons. The van der Waals surface area contributed by atoms with E-state index in [4.69, 9.17) is 23.2 Å². The summed E-state index contributed by atoms with van der Waals surface area (Å²) in [6, 6.07) is 12.4. The van der Waals surface area contributed by atoms with Crippen LogP contribution in [0.4, 0.5) is 5.69 Å². The van der Waals surface area contributed by atoms with Crippen LogP contribution in [-0.4, -0.2) is 27.1 Å². The van der Waals surface area contributed by atoms with E-state index < -0.39 is 15.9 Å². The quantitative estimate of drug-likeness (QED) is 0.846. The first-order chi connectivity index (χ1) is 10.7. The minimum atomic E-state index is -3.41. The molecule has 2 N–H and O–H groups in total. The van der Waals surface area contributed by atoms with Gasteiger partial charge in [-0.05, 0) is 35.4 Å². The van der Waals surface area contributed by atoms with Crippen LogP contribution < -0.4 is 10.0 Å². The average Bonchev–Trinajstić information content (AvgIpc) is 2.48. The average molecular weight is 373 g/mol. The molecular weight excluding hydrogens is 359 g/mol. The zero-order valence-corrected chi connectivity index (χ0v) is 14.5. The molecule has 2 rings (SSSR count). The van der Waals surface area contributed by atoms with Gasteiger partial charge < -0.3 is 5.32 Å². The van der Waals surface area contributed by atoms with Gasteiger partial charge >= 0.3 is 0 Å². The molecule has 8 heteroatoms. The van der Waals surface area contributed by atoms with E-state index in [9.17, 15) is 13.2 Å². The molecule has 0 fully saturated rings. The van der Waals surface area contributed by atoms with E-state index >= 15 is 0 Å². The van der Waals surface area contributed by atoms with Crippen LogP contribution in [0, 0.1) is 0 Å². The van der Waals surface area contributed by atoms with E-state index in [0.717, 1.165) is 17.4 Å². The molecule has 0 aliphatic heterocycles. The standard InChI is InChI=1S/C15H14Cl2N2O3S/c1-23(21,22)18-9-15(20)19-12-4-2-3-10(7-12)11-5-6-13(16)14(17)8-11/h2-8,18H,9H2,1H3,(H,19,20). The van der Waals surface area contributed by atoms with Crippen molar-refractivity contribution < 1.29 is 13.2 Å². The van der Waals surface area contributed by atoms with Gasteiger partial charge in [0.1, 0.15) is 0 Å². The predicted octanol–water partition coefficient (Wildman–Crippen LogP) is 3.15. The molecule has 2 aromatic rings. The Morgan fingerprint density at radius 3 is 2.39 bits per heavy atom. The first-order valence-corrected chi connectivity index (χ1v) is 9.19. The van der Waals surface area contributed by atoms with E-state index in [2.05, 4.69) is 10.0 Å². The van der Waals surface area contributed by atoms with E-state index in [1.54, 1.807) is 30.3 Å². The monoisotopic (exact) mass is 372 g/mol. The van der Waals surface area contributed by atoms with Gasteiger partial charge in [-0.1, -0.05) is 41.4 Å². The molecule has 0 atom stereocenters. The first-order valence-electron chi connectivity index (χ1n) is 6.54. The summed E-state index contributed by atoms with van der Waals surface area (Å²) in [6.07, 6.45) is 0.991. The fourth-order valence-corrected chi connectivity index (χ4v) is 2.55. The van der Waals surface area contributed by atoms with Crippen molar-refractivity contribution in [3.63, 3.8) is 0 Å². The molecule has 0 aliphatic rings. The van der Waals surface area contributed by atoms with Gasteiger partial charge in [-0.25, -0.2) is 13.1 Å². The molecule has 0 aliphatic carbocycles. The van der Waals surface area contributed by atoms with Gasteiger partial charge in [0.25, 0.3) is 0 Å². The minimum Gasteiger partial charge on any atom is -0.325 e. The van der Waals surface area contributed by atoms with Crippen LogP contribution in [0.3, 0.4) is 0 Å². The molecule has 0 heterocycles. The summed E-state index contributed by atoms with van der Waals surface area (Å²) in [6.45, 7) is -0.324. The number of carbonyl (C=O) groups is 1. The predicted molar refractivity (Wildman–Crippen MR) is 93.4 cm³/mol. The normalized spacial score (nSPS) is 11.3. The molecule has 0 aromatic heterocycles. The summed E-state index contributed by atoms with van der Waals surface area (Å²) in [7, 11) is -3.41. The maximum Gasteiger partial charge on any atom is 0.239 e. The SMILES string of the molecule is CS(=O)(=O)NCC(=O)Nc1cccc(-c2ccc(Cl)c(Cl)c2)c1. The van der Waals surface area contributed by atoms with Crippen LogP contribution in [-0.2, 0) is 14.8 Å². The maximum absolute atomic E-state index is 11.7. The van der Waals surface area contributed by atoms with Gasteiger partial charge in [-0.2, -0.15) is 0 Å². The van der Waals surface area contributed by atoms with Gasteiger partial charge in [-0.15, -0.1) is 0 Å². The molecule has 5 nitrogen and oxygen atoms in total. The van der Waals surface area contributed by atoms with Crippen LogP contribution in [0.25, 0.3) is 11.1 Å². The zero-order valence-electron chi connectivity index (χ0n) is 12.1. The zero-order chi connectivity index (χ0) is 17.0. The number of nitrogens with one attached hydrogen (secondary N) is 2. The Bertz CT molecular complexity index is 838. The van der Waals surface area contributed by atoms with Gasteiger partial charge in [0.2, 0.25) is 15.9 Å². The molecule has 0 spiro atoms. The van der Waals surface area contributed by atoms with Crippen molar-refractivity contribution in [2.24, 2.45) is 0 Å². The molecule has 2 aromatic carbocycles. The highest BCUT2D eigenvalue weighted by Crippen LogP contribution is 2.29. The Morgan fingerprint density at radius 1 is 1.04 bits per heavy atom. The summed E-state index contributed by atoms with van der Waals surface area (Å²) >= 11 is 11.9. The van der Waals surface area contributed by atoms with E-state index in [0.29, 0.717) is 15.7 Å². The lowest BCUT2D eigenvalue weighted by Gasteiger charge is -2.09. The highest BCUT2D eigenvalue weighted by atomic mass is 35.5. The Hall–Kier alpha value is -1.60. The summed E-state index contributed by atoms with van der Waals surface area (Å²) in [5.74, 6) is -0.457. The lowest BCUT2D eigenvalue weighted by Crippen LogP contribution is -2.32. The smallest absolute Gasteiger partial charge is 0.239 e. The van der Waals surface area contributed by atoms with E-state index in [-0.39, 0.29) is 6.54 Å². The Kier molecular flexibility index (Phi) is 5.64. The van der Waals surface area contributed by atoms with Crippen molar-refractivity contribution in [1.29, 1.82) is 0 Å². The van der Waals surface area contributed by atoms with Crippen molar-refractivity contribution in [2.75, 3.05) is 18.1 Å². The topological polar surface area (TPSA) is 75.3 Å². The number of hydrogen-bond acceptors (Lipinski definition) is 3. The number of carbonyl (C=O) groups excluding carboxylic acids is 1. The molecule has 0 saturated heterocycles. The Labute approximate surface area is 144 Å². The fraction of sp³-hybridized carbons (Fsp3) is 0.133. The fourth-order valence-electron chi connectivity index (χ4n) is 1.85. The van der Waals surface area contributed by atoms with Gasteiger partial charge in [0, 0.05) is 5.69 Å². The molecule has 0 unspecified atom stereocenters. The van der Waals surface area contributed by atoms with Crippen molar-refractivity contribution in [3.8, 4) is 11.1 Å². The molecule has 0 radical (unpaired) electrons. The van der Waals surface area contributed by atoms with Crippen LogP contribution in [0.2, 0.25) is 10.0 Å². The summed E-state index contributed by atoms with van der Waals surface area (Å²) < 4.78 is 24.1. The highest BCUT2D eigenvalue weighted by Gasteiger charge is 2.08. The second kappa shape index (κ2) is 7.31. The number of sulfonamides is 1. The third-order valence-electron chi connectivity index (χ3n) is 2.89. The van der Waals surface area contributed by atoms with Crippen LogP contribution >= 0.6 is 23.2 Å². The minimum absolute atomic E-state index is 0.324. The molecule has 0 saturated carbocycles. The Morgan fingerprint density at radius 2 is 1.74 bits per heavy atom. The van der Waals surface area contributed by atoms with Crippen molar-refractivity contribution in [2.45, 2.75) is 0 Å². The van der Waals surface area contributed by atoms with Crippen molar-refractivity contribution in [3.05, 3.63) is 52.5 Å². The summed E-state index contributed by atoms with van der Waals surface area (Å²) in [5, 5.41) is 3.53. The molecule has 1 amide bonds. The largest absolute Gasteiger partial charge is 0.325 e.